The number of halogens is 3. The highest BCUT2D eigenvalue weighted by molar-refractivity contribution is 5.62. The van der Waals surface area contributed by atoms with Crippen LogP contribution in [0.1, 0.15) is 30.3 Å². The van der Waals surface area contributed by atoms with Crippen LogP contribution in [0.25, 0.3) is 11.4 Å². The lowest BCUT2D eigenvalue weighted by atomic mass is 10.2. The van der Waals surface area contributed by atoms with Gasteiger partial charge in [-0.1, -0.05) is 6.92 Å². The van der Waals surface area contributed by atoms with E-state index in [4.69, 9.17) is 4.74 Å². The lowest BCUT2D eigenvalue weighted by Gasteiger charge is -2.12. The number of nitrogens with one attached hydrogen (secondary N) is 1. The summed E-state index contributed by atoms with van der Waals surface area (Å²) in [6, 6.07) is 6.98. The number of nitrogens with zero attached hydrogens (tertiary/aromatic N) is 4. The lowest BCUT2D eigenvalue weighted by Crippen LogP contribution is -2.17. The van der Waals surface area contributed by atoms with E-state index in [-0.39, 0.29) is 23.9 Å². The van der Waals surface area contributed by atoms with E-state index in [9.17, 15) is 18.3 Å². The molecule has 7 nitrogen and oxygen atoms in total. The van der Waals surface area contributed by atoms with Crippen LogP contribution in [-0.4, -0.2) is 38.1 Å². The fourth-order valence-electron chi connectivity index (χ4n) is 3.11. The van der Waals surface area contributed by atoms with Crippen molar-refractivity contribution in [2.24, 2.45) is 0 Å². The van der Waals surface area contributed by atoms with Gasteiger partial charge in [0.2, 0.25) is 5.95 Å². The molecule has 3 aromatic rings. The van der Waals surface area contributed by atoms with Crippen molar-refractivity contribution < 1.29 is 23.0 Å². The van der Waals surface area contributed by atoms with E-state index in [0.29, 0.717) is 12.2 Å². The monoisotopic (exact) mass is 435 g/mol. The first-order valence-electron chi connectivity index (χ1n) is 9.71. The summed E-state index contributed by atoms with van der Waals surface area (Å²) >= 11 is 0. The summed E-state index contributed by atoms with van der Waals surface area (Å²) in [5.41, 5.74) is 1.61. The lowest BCUT2D eigenvalue weighted by molar-refractivity contribution is -0.137. The van der Waals surface area contributed by atoms with E-state index < -0.39 is 17.8 Å². The molecule has 2 N–H and O–H groups in total. The van der Waals surface area contributed by atoms with Gasteiger partial charge < -0.3 is 15.2 Å². The van der Waals surface area contributed by atoms with Gasteiger partial charge in [-0.05, 0) is 44.5 Å². The maximum atomic E-state index is 13.2. The zero-order chi connectivity index (χ0) is 22.8. The van der Waals surface area contributed by atoms with Gasteiger partial charge in [-0.15, -0.1) is 5.10 Å². The topological polar surface area (TPSA) is 85.1 Å². The van der Waals surface area contributed by atoms with Crippen molar-refractivity contribution in [1.29, 1.82) is 0 Å². The number of anilines is 2. The van der Waals surface area contributed by atoms with Crippen molar-refractivity contribution in [1.82, 2.24) is 19.7 Å². The quantitative estimate of drug-likeness (QED) is 0.569. The van der Waals surface area contributed by atoms with Gasteiger partial charge in [0.1, 0.15) is 5.75 Å². The predicted molar refractivity (Wildman–Crippen MR) is 110 cm³/mol. The average Bonchev–Trinajstić information content (AvgIpc) is 3.08. The summed E-state index contributed by atoms with van der Waals surface area (Å²) in [5, 5.41) is 17.3. The Morgan fingerprint density at radius 3 is 2.35 bits per heavy atom. The van der Waals surface area contributed by atoms with Crippen LogP contribution in [0.4, 0.5) is 24.8 Å². The SMILES string of the molecule is CCC(O)Cn1nc(Nc2cc(OC)cc(C(F)(F)F)c2)nc1-c1cc(C)nc(C)c1. The molecule has 0 aliphatic rings. The largest absolute Gasteiger partial charge is 0.497 e. The molecular weight excluding hydrogens is 411 g/mol. The third-order valence-electron chi connectivity index (χ3n) is 4.59. The minimum absolute atomic E-state index is 0.0544. The smallest absolute Gasteiger partial charge is 0.416 e. The summed E-state index contributed by atoms with van der Waals surface area (Å²) in [5.74, 6) is 0.633. The third-order valence-corrected chi connectivity index (χ3v) is 4.59. The Bertz CT molecular complexity index is 1050. The molecule has 0 fully saturated rings. The normalized spacial score (nSPS) is 12.6. The first kappa shape index (κ1) is 22.5. The zero-order valence-corrected chi connectivity index (χ0v) is 17.7. The highest BCUT2D eigenvalue weighted by Gasteiger charge is 2.31. The highest BCUT2D eigenvalue weighted by atomic mass is 19.4. The Labute approximate surface area is 177 Å². The minimum atomic E-state index is -4.53. The number of alkyl halides is 3. The maximum absolute atomic E-state index is 13.2. The summed E-state index contributed by atoms with van der Waals surface area (Å²) in [7, 11) is 1.30. The van der Waals surface area contributed by atoms with Gasteiger partial charge in [0.05, 0.1) is 25.3 Å². The van der Waals surface area contributed by atoms with Gasteiger partial charge in [-0.2, -0.15) is 18.2 Å². The van der Waals surface area contributed by atoms with Crippen molar-refractivity contribution in [2.75, 3.05) is 12.4 Å². The molecule has 3 rings (SSSR count). The molecule has 1 unspecified atom stereocenters. The van der Waals surface area contributed by atoms with Crippen molar-refractivity contribution in [3.05, 3.63) is 47.3 Å². The number of methoxy groups -OCH3 is 1. The van der Waals surface area contributed by atoms with Crippen LogP contribution >= 0.6 is 0 Å². The van der Waals surface area contributed by atoms with Crippen LogP contribution in [0, 0.1) is 13.8 Å². The summed E-state index contributed by atoms with van der Waals surface area (Å²) in [6.45, 7) is 5.74. The number of hydrogen-bond acceptors (Lipinski definition) is 6. The van der Waals surface area contributed by atoms with Crippen LogP contribution in [-0.2, 0) is 12.7 Å². The number of pyridine rings is 1. The van der Waals surface area contributed by atoms with Gasteiger partial charge in [-0.3, -0.25) is 4.98 Å². The Hall–Kier alpha value is -3.14. The standard InChI is InChI=1S/C21H24F3N5O2/c1-5-17(30)11-29-19(14-6-12(2)25-13(3)7-14)27-20(28-29)26-16-8-15(21(22,23)24)9-18(10-16)31-4/h6-10,17,30H,5,11H2,1-4H3,(H,26,28). The predicted octanol–water partition coefficient (Wildman–Crippen LogP) is 4.50. The Balaban J connectivity index is 2.02. The fourth-order valence-corrected chi connectivity index (χ4v) is 3.11. The van der Waals surface area contributed by atoms with Gasteiger partial charge in [-0.25, -0.2) is 4.68 Å². The van der Waals surface area contributed by atoms with Gasteiger partial charge in [0.15, 0.2) is 5.82 Å². The summed E-state index contributed by atoms with van der Waals surface area (Å²) < 4.78 is 46.2. The third kappa shape index (κ3) is 5.52. The Kier molecular flexibility index (Phi) is 6.49. The number of aliphatic hydroxyl groups excluding tert-OH is 1. The number of aromatic nitrogens is 4. The van der Waals surface area contributed by atoms with Gasteiger partial charge >= 0.3 is 6.18 Å². The van der Waals surface area contributed by atoms with Crippen LogP contribution in [0.15, 0.2) is 30.3 Å². The van der Waals surface area contributed by atoms with Crippen molar-refractivity contribution in [3.8, 4) is 17.1 Å². The van der Waals surface area contributed by atoms with Crippen LogP contribution in [0.2, 0.25) is 0 Å². The van der Waals surface area contributed by atoms with E-state index in [0.717, 1.165) is 29.1 Å². The molecule has 1 aromatic carbocycles. The fraction of sp³-hybridized carbons (Fsp3) is 0.381. The molecule has 0 radical (unpaired) electrons. The van der Waals surface area contributed by atoms with Crippen LogP contribution in [0.3, 0.4) is 0 Å². The molecule has 0 aliphatic carbocycles. The van der Waals surface area contributed by atoms with Crippen molar-refractivity contribution in [3.63, 3.8) is 0 Å². The van der Waals surface area contributed by atoms with E-state index in [2.05, 4.69) is 20.4 Å². The van der Waals surface area contributed by atoms with Crippen LogP contribution in [0.5, 0.6) is 5.75 Å². The Morgan fingerprint density at radius 2 is 1.77 bits per heavy atom. The summed E-state index contributed by atoms with van der Waals surface area (Å²) in [6.07, 6.45) is -4.66. The molecule has 0 aliphatic heterocycles. The van der Waals surface area contributed by atoms with Gasteiger partial charge in [0, 0.05) is 28.7 Å². The molecule has 0 amide bonds. The number of ether oxygens (including phenoxy) is 1. The number of hydrogen-bond donors (Lipinski definition) is 2. The van der Waals surface area contributed by atoms with E-state index >= 15 is 0 Å². The highest BCUT2D eigenvalue weighted by Crippen LogP contribution is 2.35. The molecule has 0 saturated heterocycles. The number of benzene rings is 1. The molecule has 166 valence electrons. The maximum Gasteiger partial charge on any atom is 0.416 e. The summed E-state index contributed by atoms with van der Waals surface area (Å²) in [4.78, 5) is 8.82. The first-order chi connectivity index (χ1) is 14.6. The minimum Gasteiger partial charge on any atom is -0.497 e. The van der Waals surface area contributed by atoms with Crippen LogP contribution < -0.4 is 10.1 Å². The number of aliphatic hydroxyl groups is 1. The Morgan fingerprint density at radius 1 is 1.10 bits per heavy atom. The second-order valence-electron chi connectivity index (χ2n) is 7.21. The second kappa shape index (κ2) is 8.93. The molecule has 0 saturated carbocycles. The van der Waals surface area contributed by atoms with E-state index in [1.807, 2.05) is 32.9 Å². The second-order valence-corrected chi connectivity index (χ2v) is 7.21. The average molecular weight is 435 g/mol. The molecule has 1 atom stereocenters. The van der Waals surface area contributed by atoms with E-state index in [1.54, 1.807) is 0 Å². The zero-order valence-electron chi connectivity index (χ0n) is 17.7. The first-order valence-corrected chi connectivity index (χ1v) is 9.71. The molecule has 0 spiro atoms. The number of aryl methyl sites for hydroxylation is 2. The van der Waals surface area contributed by atoms with Crippen molar-refractivity contribution in [2.45, 2.75) is 46.0 Å². The van der Waals surface area contributed by atoms with E-state index in [1.165, 1.54) is 17.9 Å². The molecule has 2 aromatic heterocycles. The molecule has 10 heteroatoms. The number of rotatable bonds is 7. The molecule has 31 heavy (non-hydrogen) atoms. The van der Waals surface area contributed by atoms with Crippen molar-refractivity contribution >= 4 is 11.6 Å². The molecule has 2 heterocycles. The van der Waals surface area contributed by atoms with Gasteiger partial charge in [0.25, 0.3) is 0 Å². The molecular formula is C21H24F3N5O2. The molecule has 0 bridgehead atoms.